The zero-order valence-electron chi connectivity index (χ0n) is 17.2. The highest BCUT2D eigenvalue weighted by Gasteiger charge is 2.12. The Balaban J connectivity index is 1.33. The van der Waals surface area contributed by atoms with E-state index < -0.39 is 0 Å². The van der Waals surface area contributed by atoms with Gasteiger partial charge in [-0.25, -0.2) is 4.79 Å². The van der Waals surface area contributed by atoms with Crippen LogP contribution >= 0.6 is 0 Å². The van der Waals surface area contributed by atoms with Gasteiger partial charge in [0.25, 0.3) is 0 Å². The van der Waals surface area contributed by atoms with Crippen LogP contribution in [0.4, 0.5) is 33.4 Å². The number of methoxy groups -OCH3 is 1. The normalized spacial score (nSPS) is 13.4. The third-order valence-corrected chi connectivity index (χ3v) is 4.78. The molecule has 0 unspecified atom stereocenters. The largest absolute Gasteiger partial charge is 0.497 e. The number of aromatic nitrogens is 2. The molecule has 0 spiro atoms. The lowest BCUT2D eigenvalue weighted by Crippen LogP contribution is -2.36. The average molecular weight is 420 g/mol. The van der Waals surface area contributed by atoms with Crippen LogP contribution in [-0.2, 0) is 4.74 Å². The van der Waals surface area contributed by atoms with Gasteiger partial charge in [-0.05, 0) is 48.5 Å². The third-order valence-electron chi connectivity index (χ3n) is 4.78. The Morgan fingerprint density at radius 1 is 0.968 bits per heavy atom. The number of nitrogens with zero attached hydrogens (tertiary/aromatic N) is 3. The molecule has 4 rings (SSSR count). The highest BCUT2D eigenvalue weighted by molar-refractivity contribution is 5.99. The summed E-state index contributed by atoms with van der Waals surface area (Å²) in [7, 11) is 1.60. The van der Waals surface area contributed by atoms with Crippen molar-refractivity contribution in [3.05, 3.63) is 60.8 Å². The lowest BCUT2D eigenvalue weighted by molar-refractivity contribution is 0.122. The van der Waals surface area contributed by atoms with Crippen LogP contribution in [0.15, 0.2) is 60.8 Å². The van der Waals surface area contributed by atoms with Crippen molar-refractivity contribution in [2.45, 2.75) is 0 Å². The molecule has 1 aliphatic rings. The summed E-state index contributed by atoms with van der Waals surface area (Å²) in [5, 5.41) is 17.1. The van der Waals surface area contributed by atoms with Crippen molar-refractivity contribution in [1.29, 1.82) is 0 Å². The maximum absolute atomic E-state index is 12.2. The van der Waals surface area contributed by atoms with Crippen molar-refractivity contribution in [2.24, 2.45) is 0 Å². The molecule has 9 nitrogen and oxygen atoms in total. The SMILES string of the molecule is COc1ccc(NC(=O)Nc2ccc(Nc3cc(N4CCOCC4)cnn3)cc2)cc1. The quantitative estimate of drug-likeness (QED) is 0.559. The molecular formula is C22H24N6O3. The molecule has 1 aliphatic heterocycles. The van der Waals surface area contributed by atoms with Gasteiger partial charge < -0.3 is 30.3 Å². The van der Waals surface area contributed by atoms with Crippen LogP contribution in [0.2, 0.25) is 0 Å². The van der Waals surface area contributed by atoms with E-state index >= 15 is 0 Å². The second kappa shape index (κ2) is 9.77. The average Bonchev–Trinajstić information content (AvgIpc) is 2.82. The van der Waals surface area contributed by atoms with Crippen LogP contribution < -0.4 is 25.6 Å². The van der Waals surface area contributed by atoms with Crippen molar-refractivity contribution in [3.63, 3.8) is 0 Å². The molecule has 0 saturated carbocycles. The van der Waals surface area contributed by atoms with Crippen LogP contribution in [0.5, 0.6) is 5.75 Å². The maximum atomic E-state index is 12.2. The van der Waals surface area contributed by atoms with E-state index in [1.54, 1.807) is 37.6 Å². The fourth-order valence-electron chi connectivity index (χ4n) is 3.16. The van der Waals surface area contributed by atoms with E-state index in [0.717, 1.165) is 30.2 Å². The molecule has 3 N–H and O–H groups in total. The number of rotatable bonds is 6. The summed E-state index contributed by atoms with van der Waals surface area (Å²) in [6.45, 7) is 3.10. The Kier molecular flexibility index (Phi) is 6.44. The first-order chi connectivity index (χ1) is 15.2. The minimum Gasteiger partial charge on any atom is -0.497 e. The van der Waals surface area contributed by atoms with Crippen LogP contribution in [-0.4, -0.2) is 49.6 Å². The summed E-state index contributed by atoms with van der Waals surface area (Å²) in [5.41, 5.74) is 3.20. The number of amides is 2. The molecule has 3 aromatic rings. The molecule has 0 aliphatic carbocycles. The summed E-state index contributed by atoms with van der Waals surface area (Å²) in [6, 6.07) is 16.1. The first-order valence-electron chi connectivity index (χ1n) is 9.94. The molecule has 2 heterocycles. The molecule has 0 atom stereocenters. The predicted molar refractivity (Wildman–Crippen MR) is 120 cm³/mol. The van der Waals surface area contributed by atoms with Crippen molar-refractivity contribution < 1.29 is 14.3 Å². The highest BCUT2D eigenvalue weighted by Crippen LogP contribution is 2.22. The minimum atomic E-state index is -0.324. The van der Waals surface area contributed by atoms with Crippen molar-refractivity contribution in [2.75, 3.05) is 54.3 Å². The van der Waals surface area contributed by atoms with Crippen molar-refractivity contribution in [3.8, 4) is 5.75 Å². The van der Waals surface area contributed by atoms with Crippen molar-refractivity contribution in [1.82, 2.24) is 10.2 Å². The number of morpholine rings is 1. The van der Waals surface area contributed by atoms with Gasteiger partial charge in [0.2, 0.25) is 0 Å². The predicted octanol–water partition coefficient (Wildman–Crippen LogP) is 3.71. The van der Waals surface area contributed by atoms with E-state index in [1.807, 2.05) is 30.3 Å². The van der Waals surface area contributed by atoms with E-state index in [0.29, 0.717) is 30.4 Å². The van der Waals surface area contributed by atoms with Gasteiger partial charge in [0.05, 0.1) is 32.2 Å². The third kappa shape index (κ3) is 5.61. The van der Waals surface area contributed by atoms with E-state index in [2.05, 4.69) is 31.0 Å². The molecule has 0 bridgehead atoms. The fraction of sp³-hybridized carbons (Fsp3) is 0.227. The van der Waals surface area contributed by atoms with Gasteiger partial charge in [-0.2, -0.15) is 5.10 Å². The van der Waals surface area contributed by atoms with Crippen LogP contribution in [0.25, 0.3) is 0 Å². The molecule has 1 aromatic heterocycles. The van der Waals surface area contributed by atoms with Gasteiger partial charge in [0, 0.05) is 36.2 Å². The Hall–Kier alpha value is -3.85. The topological polar surface area (TPSA) is 101 Å². The molecule has 2 amide bonds. The molecule has 0 radical (unpaired) electrons. The monoisotopic (exact) mass is 420 g/mol. The van der Waals surface area contributed by atoms with Gasteiger partial charge in [0.15, 0.2) is 5.82 Å². The number of nitrogens with one attached hydrogen (secondary N) is 3. The number of urea groups is 1. The number of anilines is 5. The Morgan fingerprint density at radius 3 is 2.23 bits per heavy atom. The lowest BCUT2D eigenvalue weighted by atomic mass is 10.2. The number of hydrogen-bond donors (Lipinski definition) is 3. The van der Waals surface area contributed by atoms with E-state index in [9.17, 15) is 4.79 Å². The lowest BCUT2D eigenvalue weighted by Gasteiger charge is -2.28. The second-order valence-corrected chi connectivity index (χ2v) is 6.91. The number of hydrogen-bond acceptors (Lipinski definition) is 7. The van der Waals surface area contributed by atoms with Crippen LogP contribution in [0.3, 0.4) is 0 Å². The summed E-state index contributed by atoms with van der Waals surface area (Å²) in [6.07, 6.45) is 1.75. The number of benzene rings is 2. The maximum Gasteiger partial charge on any atom is 0.323 e. The molecule has 9 heteroatoms. The van der Waals surface area contributed by atoms with E-state index in [4.69, 9.17) is 9.47 Å². The van der Waals surface area contributed by atoms with Crippen LogP contribution in [0, 0.1) is 0 Å². The molecule has 160 valence electrons. The van der Waals surface area contributed by atoms with E-state index in [-0.39, 0.29) is 6.03 Å². The highest BCUT2D eigenvalue weighted by atomic mass is 16.5. The zero-order chi connectivity index (χ0) is 21.5. The van der Waals surface area contributed by atoms with Crippen molar-refractivity contribution >= 4 is 34.6 Å². The number of carbonyl (C=O) groups is 1. The second-order valence-electron chi connectivity index (χ2n) is 6.91. The van der Waals surface area contributed by atoms with Gasteiger partial charge in [-0.1, -0.05) is 0 Å². The summed E-state index contributed by atoms with van der Waals surface area (Å²) < 4.78 is 10.5. The fourth-order valence-corrected chi connectivity index (χ4v) is 3.16. The number of carbonyl (C=O) groups excluding carboxylic acids is 1. The van der Waals surface area contributed by atoms with Gasteiger partial charge in [-0.15, -0.1) is 5.10 Å². The van der Waals surface area contributed by atoms with Gasteiger partial charge in [0.1, 0.15) is 5.75 Å². The standard InChI is InChI=1S/C22H24N6O3/c1-30-20-8-6-18(7-9-20)26-22(29)25-17-4-2-16(3-5-17)24-21-14-19(15-23-27-21)28-10-12-31-13-11-28/h2-9,14-15H,10-13H2,1H3,(H,24,27)(H2,25,26,29). The van der Waals surface area contributed by atoms with Gasteiger partial charge >= 0.3 is 6.03 Å². The molecular weight excluding hydrogens is 396 g/mol. The summed E-state index contributed by atoms with van der Waals surface area (Å²) in [4.78, 5) is 14.4. The smallest absolute Gasteiger partial charge is 0.323 e. The Morgan fingerprint density at radius 2 is 1.58 bits per heavy atom. The first kappa shape index (κ1) is 20.4. The number of ether oxygens (including phenoxy) is 2. The first-order valence-corrected chi connectivity index (χ1v) is 9.94. The molecule has 31 heavy (non-hydrogen) atoms. The van der Waals surface area contributed by atoms with Crippen LogP contribution in [0.1, 0.15) is 0 Å². The van der Waals surface area contributed by atoms with E-state index in [1.165, 1.54) is 0 Å². The van der Waals surface area contributed by atoms with Gasteiger partial charge in [-0.3, -0.25) is 0 Å². The Labute approximate surface area is 180 Å². The zero-order valence-corrected chi connectivity index (χ0v) is 17.2. The Bertz CT molecular complexity index is 1000. The molecule has 1 saturated heterocycles. The molecule has 2 aromatic carbocycles. The summed E-state index contributed by atoms with van der Waals surface area (Å²) in [5.74, 6) is 1.39. The molecule has 1 fully saturated rings. The summed E-state index contributed by atoms with van der Waals surface area (Å²) >= 11 is 0. The minimum absolute atomic E-state index is 0.324.